The Morgan fingerprint density at radius 3 is 2.83 bits per heavy atom. The molecule has 0 radical (unpaired) electrons. The van der Waals surface area contributed by atoms with E-state index in [-0.39, 0.29) is 5.69 Å². The first-order chi connectivity index (χ1) is 11.6. The molecule has 24 heavy (non-hydrogen) atoms. The van der Waals surface area contributed by atoms with Crippen LogP contribution in [0.4, 0.5) is 0 Å². The second kappa shape index (κ2) is 5.50. The fourth-order valence-electron chi connectivity index (χ4n) is 2.48. The second-order valence-electron chi connectivity index (χ2n) is 5.23. The molecule has 0 unspecified atom stereocenters. The number of carbonyl (C=O) groups excluding carboxylic acids is 1. The number of hydrogen-bond donors (Lipinski definition) is 1. The molecule has 4 aromatic rings. The Labute approximate surface area is 140 Å². The van der Waals surface area contributed by atoms with Gasteiger partial charge in [0.1, 0.15) is 16.4 Å². The molecule has 0 aliphatic heterocycles. The Balaban J connectivity index is 1.90. The van der Waals surface area contributed by atoms with E-state index in [1.54, 1.807) is 18.5 Å². The first-order valence-corrected chi connectivity index (χ1v) is 7.95. The van der Waals surface area contributed by atoms with Crippen LogP contribution in [0.2, 0.25) is 0 Å². The number of nitrogens with two attached hydrogens (primary N) is 1. The average molecular weight is 336 g/mol. The monoisotopic (exact) mass is 336 g/mol. The van der Waals surface area contributed by atoms with Crippen LogP contribution in [-0.4, -0.2) is 30.6 Å². The van der Waals surface area contributed by atoms with Crippen LogP contribution < -0.4 is 5.73 Å². The van der Waals surface area contributed by atoms with Gasteiger partial charge in [0, 0.05) is 36.6 Å². The largest absolute Gasteiger partial charge is 0.364 e. The Hall–Kier alpha value is -3.13. The van der Waals surface area contributed by atoms with E-state index in [4.69, 9.17) is 5.73 Å². The van der Waals surface area contributed by atoms with E-state index in [0.29, 0.717) is 10.7 Å². The molecule has 2 N–H and O–H groups in total. The highest BCUT2D eigenvalue weighted by atomic mass is 32.1. The lowest BCUT2D eigenvalue weighted by Crippen LogP contribution is -2.13. The highest BCUT2D eigenvalue weighted by Crippen LogP contribution is 2.33. The van der Waals surface area contributed by atoms with Crippen molar-refractivity contribution in [2.75, 3.05) is 0 Å². The van der Waals surface area contributed by atoms with E-state index >= 15 is 0 Å². The van der Waals surface area contributed by atoms with Crippen LogP contribution in [0.15, 0.2) is 42.9 Å². The van der Waals surface area contributed by atoms with Crippen molar-refractivity contribution in [1.82, 2.24) is 24.7 Å². The molecule has 4 rings (SSSR count). The van der Waals surface area contributed by atoms with Gasteiger partial charge in [0.25, 0.3) is 5.91 Å². The Bertz CT molecular complexity index is 1050. The van der Waals surface area contributed by atoms with Gasteiger partial charge in [0.05, 0.1) is 5.52 Å². The van der Waals surface area contributed by atoms with Crippen LogP contribution in [-0.2, 0) is 7.05 Å². The van der Waals surface area contributed by atoms with Gasteiger partial charge in [-0.3, -0.25) is 9.78 Å². The lowest BCUT2D eigenvalue weighted by molar-refractivity contribution is 0.0996. The number of carbonyl (C=O) groups is 1. The van der Waals surface area contributed by atoms with Crippen molar-refractivity contribution in [3.63, 3.8) is 0 Å². The van der Waals surface area contributed by atoms with Gasteiger partial charge in [-0.15, -0.1) is 10.2 Å². The van der Waals surface area contributed by atoms with Gasteiger partial charge in [-0.25, -0.2) is 4.98 Å². The van der Waals surface area contributed by atoms with Gasteiger partial charge < -0.3 is 10.3 Å². The molecule has 4 heterocycles. The second-order valence-corrected chi connectivity index (χ2v) is 6.21. The minimum Gasteiger partial charge on any atom is -0.364 e. The van der Waals surface area contributed by atoms with Gasteiger partial charge in [-0.05, 0) is 24.3 Å². The van der Waals surface area contributed by atoms with Gasteiger partial charge in [-0.1, -0.05) is 11.3 Å². The normalized spacial score (nSPS) is 11.0. The molecule has 0 aromatic carbocycles. The lowest BCUT2D eigenvalue weighted by atomic mass is 10.2. The van der Waals surface area contributed by atoms with E-state index in [1.165, 1.54) is 11.3 Å². The number of amides is 1. The molecule has 8 heteroatoms. The summed E-state index contributed by atoms with van der Waals surface area (Å²) < 4.78 is 1.91. The summed E-state index contributed by atoms with van der Waals surface area (Å²) in [7, 11) is 1.90. The van der Waals surface area contributed by atoms with E-state index in [1.807, 2.05) is 36.0 Å². The van der Waals surface area contributed by atoms with Gasteiger partial charge in [0.2, 0.25) is 0 Å². The average Bonchev–Trinajstić information content (AvgIpc) is 3.22. The van der Waals surface area contributed by atoms with Gasteiger partial charge in [-0.2, -0.15) is 0 Å². The molecule has 0 saturated carbocycles. The fraction of sp³-hybridized carbons (Fsp3) is 0.0625. The predicted molar refractivity (Wildman–Crippen MR) is 91.4 cm³/mol. The summed E-state index contributed by atoms with van der Waals surface area (Å²) in [6.07, 6.45) is 5.34. The van der Waals surface area contributed by atoms with Crippen molar-refractivity contribution < 1.29 is 4.79 Å². The zero-order valence-electron chi connectivity index (χ0n) is 12.7. The highest BCUT2D eigenvalue weighted by molar-refractivity contribution is 7.18. The van der Waals surface area contributed by atoms with E-state index in [0.717, 1.165) is 21.5 Å². The molecule has 1 amide bonds. The van der Waals surface area contributed by atoms with E-state index in [9.17, 15) is 4.79 Å². The molecule has 118 valence electrons. The van der Waals surface area contributed by atoms with Gasteiger partial charge in [0.15, 0.2) is 5.01 Å². The minimum atomic E-state index is -0.573. The number of hydrogen-bond acceptors (Lipinski definition) is 6. The highest BCUT2D eigenvalue weighted by Gasteiger charge is 2.17. The number of fused-ring (bicyclic) bond motifs is 1. The first-order valence-electron chi connectivity index (χ1n) is 7.13. The third kappa shape index (κ3) is 2.33. The Kier molecular flexibility index (Phi) is 3.31. The number of nitrogens with zero attached hydrogens (tertiary/aromatic N) is 5. The number of aromatic nitrogens is 5. The summed E-state index contributed by atoms with van der Waals surface area (Å²) in [5, 5.41) is 10.7. The molecule has 0 bridgehead atoms. The number of rotatable bonds is 3. The standard InChI is InChI=1S/C16H12N6OS/c1-22-6-4-10-12(22)7-11(14(17)23)19-13(10)16-21-20-15(24-16)9-3-2-5-18-8-9/h2-8H,1H3,(H2,17,23). The summed E-state index contributed by atoms with van der Waals surface area (Å²) in [6.45, 7) is 0. The zero-order chi connectivity index (χ0) is 16.7. The maximum absolute atomic E-state index is 11.6. The molecule has 0 spiro atoms. The summed E-state index contributed by atoms with van der Waals surface area (Å²) in [4.78, 5) is 20.1. The maximum Gasteiger partial charge on any atom is 0.267 e. The third-order valence-electron chi connectivity index (χ3n) is 3.67. The SMILES string of the molecule is Cn1ccc2c(-c3nnc(-c4cccnc4)s3)nc(C(N)=O)cc21. The summed E-state index contributed by atoms with van der Waals surface area (Å²) in [5.41, 5.74) is 7.98. The summed E-state index contributed by atoms with van der Waals surface area (Å²) in [5.74, 6) is -0.573. The van der Waals surface area contributed by atoms with Gasteiger partial charge >= 0.3 is 0 Å². The number of primary amides is 1. The molecule has 0 aliphatic rings. The summed E-state index contributed by atoms with van der Waals surface area (Å²) in [6, 6.07) is 7.39. The number of pyridine rings is 2. The lowest BCUT2D eigenvalue weighted by Gasteiger charge is -2.03. The molecule has 0 atom stereocenters. The molecule has 0 fully saturated rings. The first kappa shape index (κ1) is 14.5. The quantitative estimate of drug-likeness (QED) is 0.618. The van der Waals surface area contributed by atoms with Crippen molar-refractivity contribution >= 4 is 28.1 Å². The Morgan fingerprint density at radius 2 is 2.08 bits per heavy atom. The maximum atomic E-state index is 11.6. The van der Waals surface area contributed by atoms with Crippen molar-refractivity contribution in [2.45, 2.75) is 0 Å². The van der Waals surface area contributed by atoms with Crippen molar-refractivity contribution in [3.05, 3.63) is 48.5 Å². The van der Waals surface area contributed by atoms with Crippen LogP contribution in [0.3, 0.4) is 0 Å². The predicted octanol–water partition coefficient (Wildman–Crippen LogP) is 2.25. The molecule has 0 aliphatic carbocycles. The smallest absolute Gasteiger partial charge is 0.267 e. The van der Waals surface area contributed by atoms with E-state index < -0.39 is 5.91 Å². The molecule has 0 saturated heterocycles. The molecular weight excluding hydrogens is 324 g/mol. The Morgan fingerprint density at radius 1 is 1.25 bits per heavy atom. The van der Waals surface area contributed by atoms with E-state index in [2.05, 4.69) is 20.2 Å². The molecule has 4 aromatic heterocycles. The van der Waals surface area contributed by atoms with Crippen LogP contribution in [0.1, 0.15) is 10.5 Å². The van der Waals surface area contributed by atoms with Crippen LogP contribution in [0.25, 0.3) is 32.2 Å². The van der Waals surface area contributed by atoms with Crippen LogP contribution in [0.5, 0.6) is 0 Å². The van der Waals surface area contributed by atoms with Crippen LogP contribution in [0, 0.1) is 0 Å². The molecular formula is C16H12N6OS. The third-order valence-corrected chi connectivity index (χ3v) is 4.65. The fourth-order valence-corrected chi connectivity index (χ4v) is 3.32. The number of aryl methyl sites for hydroxylation is 1. The topological polar surface area (TPSA) is 99.6 Å². The minimum absolute atomic E-state index is 0.206. The van der Waals surface area contributed by atoms with Crippen molar-refractivity contribution in [1.29, 1.82) is 0 Å². The van der Waals surface area contributed by atoms with Crippen molar-refractivity contribution in [3.8, 4) is 21.3 Å². The van der Waals surface area contributed by atoms with Crippen LogP contribution >= 0.6 is 11.3 Å². The zero-order valence-corrected chi connectivity index (χ0v) is 13.5. The summed E-state index contributed by atoms with van der Waals surface area (Å²) >= 11 is 1.40. The molecule has 7 nitrogen and oxygen atoms in total. The van der Waals surface area contributed by atoms with Crippen molar-refractivity contribution in [2.24, 2.45) is 12.8 Å².